The molecule has 4 nitrogen and oxygen atoms in total. The number of benzene rings is 1. The molecule has 2 N–H and O–H groups in total. The molecule has 16 heavy (non-hydrogen) atoms. The van der Waals surface area contributed by atoms with Gasteiger partial charge in [-0.25, -0.2) is 0 Å². The molecule has 0 atom stereocenters. The Morgan fingerprint density at radius 3 is 2.75 bits per heavy atom. The van der Waals surface area contributed by atoms with Crippen LogP contribution in [0, 0.1) is 0 Å². The van der Waals surface area contributed by atoms with Crippen molar-refractivity contribution in [3.8, 4) is 11.3 Å². The smallest absolute Gasteiger partial charge is 0.241 e. The summed E-state index contributed by atoms with van der Waals surface area (Å²) < 4.78 is 5.13. The molecule has 0 spiro atoms. The maximum atomic E-state index is 10.6. The number of amides is 1. The van der Waals surface area contributed by atoms with E-state index in [1.165, 1.54) is 6.08 Å². The number of carbonyl (C=O) groups is 1. The summed E-state index contributed by atoms with van der Waals surface area (Å²) in [5.74, 6) is 0.123. The lowest BCUT2D eigenvalue weighted by atomic mass is 10.1. The number of primary amides is 1. The first-order valence-corrected chi connectivity index (χ1v) is 4.75. The summed E-state index contributed by atoms with van der Waals surface area (Å²) in [4.78, 5) is 10.6. The molecule has 0 radical (unpaired) electrons. The highest BCUT2D eigenvalue weighted by Crippen LogP contribution is 2.23. The molecule has 0 aliphatic heterocycles. The van der Waals surface area contributed by atoms with Crippen LogP contribution < -0.4 is 5.73 Å². The molecule has 0 saturated heterocycles. The van der Waals surface area contributed by atoms with Gasteiger partial charge < -0.3 is 10.3 Å². The number of nitrogens with zero attached hydrogens (tertiary/aromatic N) is 1. The van der Waals surface area contributed by atoms with Gasteiger partial charge in [-0.1, -0.05) is 35.5 Å². The van der Waals surface area contributed by atoms with Gasteiger partial charge in [-0.05, 0) is 6.08 Å². The number of hydrogen-bond donors (Lipinski definition) is 1. The monoisotopic (exact) mass is 214 g/mol. The van der Waals surface area contributed by atoms with Crippen LogP contribution in [0.25, 0.3) is 17.4 Å². The van der Waals surface area contributed by atoms with Gasteiger partial charge in [0.2, 0.25) is 5.91 Å². The average Bonchev–Trinajstić information content (AvgIpc) is 2.75. The molecule has 4 heteroatoms. The van der Waals surface area contributed by atoms with E-state index in [1.807, 2.05) is 30.3 Å². The summed E-state index contributed by atoms with van der Waals surface area (Å²) in [5, 5.41) is 3.70. The molecular weight excluding hydrogens is 204 g/mol. The zero-order valence-electron chi connectivity index (χ0n) is 8.46. The van der Waals surface area contributed by atoms with Crippen molar-refractivity contribution in [1.82, 2.24) is 5.16 Å². The summed E-state index contributed by atoms with van der Waals surface area (Å²) in [6.45, 7) is 0. The average molecular weight is 214 g/mol. The van der Waals surface area contributed by atoms with Gasteiger partial charge in [-0.2, -0.15) is 0 Å². The van der Waals surface area contributed by atoms with E-state index in [2.05, 4.69) is 5.16 Å². The molecule has 1 heterocycles. The van der Waals surface area contributed by atoms with Gasteiger partial charge in [0.15, 0.2) is 5.76 Å². The number of rotatable bonds is 3. The van der Waals surface area contributed by atoms with Crippen molar-refractivity contribution in [1.29, 1.82) is 0 Å². The number of carbonyl (C=O) groups excluding carboxylic acids is 1. The van der Waals surface area contributed by atoms with E-state index >= 15 is 0 Å². The van der Waals surface area contributed by atoms with Gasteiger partial charge >= 0.3 is 0 Å². The highest BCUT2D eigenvalue weighted by molar-refractivity contribution is 5.91. The van der Waals surface area contributed by atoms with Gasteiger partial charge in [0.1, 0.15) is 0 Å². The Balaban J connectivity index is 2.37. The van der Waals surface area contributed by atoms with Crippen LogP contribution in [0.3, 0.4) is 0 Å². The van der Waals surface area contributed by atoms with E-state index in [9.17, 15) is 4.79 Å². The summed E-state index contributed by atoms with van der Waals surface area (Å²) in [7, 11) is 0. The van der Waals surface area contributed by atoms with Crippen LogP contribution in [0.1, 0.15) is 5.56 Å². The van der Waals surface area contributed by atoms with Crippen LogP contribution in [0.5, 0.6) is 0 Å². The fourth-order valence-corrected chi connectivity index (χ4v) is 1.35. The van der Waals surface area contributed by atoms with Crippen molar-refractivity contribution in [3.05, 3.63) is 48.2 Å². The van der Waals surface area contributed by atoms with Gasteiger partial charge in [-0.15, -0.1) is 0 Å². The number of aromatic nitrogens is 1. The largest absolute Gasteiger partial charge is 0.366 e. The molecule has 0 unspecified atom stereocenters. The van der Waals surface area contributed by atoms with E-state index in [0.717, 1.165) is 11.1 Å². The molecule has 0 aliphatic carbocycles. The third-order valence-electron chi connectivity index (χ3n) is 2.06. The quantitative estimate of drug-likeness (QED) is 0.792. The third-order valence-corrected chi connectivity index (χ3v) is 2.06. The molecule has 0 bridgehead atoms. The topological polar surface area (TPSA) is 69.1 Å². The second kappa shape index (κ2) is 4.44. The van der Waals surface area contributed by atoms with Gasteiger partial charge in [0.25, 0.3) is 0 Å². The fraction of sp³-hybridized carbons (Fsp3) is 0. The summed E-state index contributed by atoms with van der Waals surface area (Å²) in [5.41, 5.74) is 6.65. The van der Waals surface area contributed by atoms with E-state index in [-0.39, 0.29) is 0 Å². The maximum absolute atomic E-state index is 10.6. The van der Waals surface area contributed by atoms with E-state index in [0.29, 0.717) is 5.76 Å². The Morgan fingerprint density at radius 1 is 1.31 bits per heavy atom. The molecule has 1 amide bonds. The van der Waals surface area contributed by atoms with E-state index in [4.69, 9.17) is 10.3 Å². The van der Waals surface area contributed by atoms with Crippen LogP contribution in [0.15, 0.2) is 47.1 Å². The predicted octanol–water partition coefficient (Wildman–Crippen LogP) is 1.84. The number of nitrogens with two attached hydrogens (primary N) is 1. The minimum absolute atomic E-state index is 0.500. The Kier molecular flexibility index (Phi) is 2.82. The molecule has 2 rings (SSSR count). The van der Waals surface area contributed by atoms with Crippen molar-refractivity contribution < 1.29 is 9.32 Å². The van der Waals surface area contributed by atoms with Crippen molar-refractivity contribution in [2.45, 2.75) is 0 Å². The standard InChI is InChI=1S/C12H10N2O2/c13-11(15)7-6-10-8-14-16-12(10)9-4-2-1-3-5-9/h1-8H,(H2,13,15)/b7-6+. The van der Waals surface area contributed by atoms with E-state index in [1.54, 1.807) is 12.3 Å². The van der Waals surface area contributed by atoms with Gasteiger partial charge in [-0.3, -0.25) is 4.79 Å². The SMILES string of the molecule is NC(=O)/C=C/c1cnoc1-c1ccccc1. The van der Waals surface area contributed by atoms with Crippen LogP contribution in [0.4, 0.5) is 0 Å². The minimum atomic E-state index is -0.500. The Bertz CT molecular complexity index is 515. The summed E-state index contributed by atoms with van der Waals surface area (Å²) >= 11 is 0. The van der Waals surface area contributed by atoms with Crippen LogP contribution in [-0.4, -0.2) is 11.1 Å². The Hall–Kier alpha value is -2.36. The lowest BCUT2D eigenvalue weighted by molar-refractivity contribution is -0.113. The Labute approximate surface area is 92.4 Å². The third kappa shape index (κ3) is 2.17. The molecule has 1 aromatic carbocycles. The fourth-order valence-electron chi connectivity index (χ4n) is 1.35. The lowest BCUT2D eigenvalue weighted by Gasteiger charge is -1.95. The van der Waals surface area contributed by atoms with Crippen LogP contribution in [-0.2, 0) is 4.79 Å². The van der Waals surface area contributed by atoms with Crippen LogP contribution >= 0.6 is 0 Å². The first-order chi connectivity index (χ1) is 7.77. The van der Waals surface area contributed by atoms with Gasteiger partial charge in [0, 0.05) is 17.2 Å². The molecule has 0 fully saturated rings. The highest BCUT2D eigenvalue weighted by atomic mass is 16.5. The molecule has 0 saturated carbocycles. The summed E-state index contributed by atoms with van der Waals surface area (Å²) in [6.07, 6.45) is 4.40. The van der Waals surface area contributed by atoms with Crippen molar-refractivity contribution in [2.75, 3.05) is 0 Å². The second-order valence-corrected chi connectivity index (χ2v) is 3.21. The highest BCUT2D eigenvalue weighted by Gasteiger charge is 2.07. The first kappa shape index (κ1) is 10.2. The molecular formula is C12H10N2O2. The summed E-state index contributed by atoms with van der Waals surface area (Å²) in [6, 6.07) is 9.53. The molecule has 80 valence electrons. The second-order valence-electron chi connectivity index (χ2n) is 3.21. The minimum Gasteiger partial charge on any atom is -0.366 e. The zero-order valence-corrected chi connectivity index (χ0v) is 8.46. The van der Waals surface area contributed by atoms with Crippen molar-refractivity contribution in [3.63, 3.8) is 0 Å². The number of hydrogen-bond acceptors (Lipinski definition) is 3. The van der Waals surface area contributed by atoms with Crippen molar-refractivity contribution in [2.24, 2.45) is 5.73 Å². The maximum Gasteiger partial charge on any atom is 0.241 e. The van der Waals surface area contributed by atoms with Crippen LogP contribution in [0.2, 0.25) is 0 Å². The lowest BCUT2D eigenvalue weighted by Crippen LogP contribution is -2.05. The Morgan fingerprint density at radius 2 is 2.06 bits per heavy atom. The molecule has 1 aromatic heterocycles. The van der Waals surface area contributed by atoms with Crippen molar-refractivity contribution >= 4 is 12.0 Å². The first-order valence-electron chi connectivity index (χ1n) is 4.75. The normalized spacial score (nSPS) is 10.8. The van der Waals surface area contributed by atoms with Gasteiger partial charge in [0.05, 0.1) is 6.20 Å². The molecule has 2 aromatic rings. The predicted molar refractivity (Wildman–Crippen MR) is 60.2 cm³/mol. The molecule has 0 aliphatic rings. The van der Waals surface area contributed by atoms with E-state index < -0.39 is 5.91 Å². The zero-order chi connectivity index (χ0) is 11.4.